The molecule has 82 valence electrons. The largest absolute Gasteiger partial charge is 0.504 e. The molecule has 1 aromatic rings. The second kappa shape index (κ2) is 3.96. The van der Waals surface area contributed by atoms with Gasteiger partial charge in [-0.2, -0.15) is 0 Å². The summed E-state index contributed by atoms with van der Waals surface area (Å²) in [6, 6.07) is 1.84. The number of phenols is 2. The van der Waals surface area contributed by atoms with Gasteiger partial charge in [-0.25, -0.2) is 4.79 Å². The summed E-state index contributed by atoms with van der Waals surface area (Å²) in [5.74, 6) is -0.824. The first kappa shape index (κ1) is 11.6. The number of phenolic OH excluding ortho intramolecular Hbond substituents is 2. The highest BCUT2D eigenvalue weighted by molar-refractivity contribution is 5.85. The maximum absolute atomic E-state index is 11.1. The molecule has 0 aliphatic carbocycles. The van der Waals surface area contributed by atoms with Crippen molar-refractivity contribution in [1.82, 2.24) is 0 Å². The molecule has 0 amide bonds. The maximum atomic E-state index is 11.1. The Balaban J connectivity index is 0.00000112. The molecule has 4 N–H and O–H groups in total. The number of aromatic hydroxyl groups is 2. The van der Waals surface area contributed by atoms with Crippen LogP contribution in [0.2, 0.25) is 0 Å². The molecule has 1 heterocycles. The number of ether oxygens (including phenoxy) is 1. The van der Waals surface area contributed by atoms with Gasteiger partial charge in [0.15, 0.2) is 11.5 Å². The molecule has 1 aromatic carbocycles. The standard InChI is InChI=1S/C9H9NO4.ClH/c10-5-1-4-2-6(11)7(12)3-8(4)14-9(5)13;/h2-3,5,11-12H,1,10H2;1H. The van der Waals surface area contributed by atoms with Gasteiger partial charge in [0.1, 0.15) is 11.8 Å². The number of carbonyl (C=O) groups is 1. The van der Waals surface area contributed by atoms with Crippen LogP contribution in [0.3, 0.4) is 0 Å². The van der Waals surface area contributed by atoms with Crippen molar-refractivity contribution in [3.63, 3.8) is 0 Å². The molecular weight excluding hydrogens is 222 g/mol. The van der Waals surface area contributed by atoms with Crippen molar-refractivity contribution in [2.45, 2.75) is 12.5 Å². The summed E-state index contributed by atoms with van der Waals surface area (Å²) in [5.41, 5.74) is 6.08. The van der Waals surface area contributed by atoms with Crippen LogP contribution in [0.25, 0.3) is 0 Å². The van der Waals surface area contributed by atoms with E-state index < -0.39 is 12.0 Å². The van der Waals surface area contributed by atoms with E-state index in [0.717, 1.165) is 0 Å². The van der Waals surface area contributed by atoms with Gasteiger partial charge < -0.3 is 20.7 Å². The van der Waals surface area contributed by atoms with E-state index in [-0.39, 0.29) is 29.7 Å². The number of halogens is 1. The van der Waals surface area contributed by atoms with Gasteiger partial charge >= 0.3 is 5.97 Å². The van der Waals surface area contributed by atoms with Crippen LogP contribution in [-0.2, 0) is 11.2 Å². The lowest BCUT2D eigenvalue weighted by atomic mass is 10.0. The summed E-state index contributed by atoms with van der Waals surface area (Å²) in [5, 5.41) is 18.4. The Kier molecular flexibility index (Phi) is 3.06. The van der Waals surface area contributed by atoms with E-state index in [2.05, 4.69) is 0 Å². The summed E-state index contributed by atoms with van der Waals surface area (Å²) in [6.45, 7) is 0. The van der Waals surface area contributed by atoms with Gasteiger partial charge in [-0.05, 0) is 6.07 Å². The number of hydrogen-bond donors (Lipinski definition) is 3. The van der Waals surface area contributed by atoms with E-state index in [1.807, 2.05) is 0 Å². The third-order valence-electron chi connectivity index (χ3n) is 2.11. The van der Waals surface area contributed by atoms with Crippen LogP contribution in [0.1, 0.15) is 5.56 Å². The van der Waals surface area contributed by atoms with E-state index >= 15 is 0 Å². The van der Waals surface area contributed by atoms with Gasteiger partial charge in [0.2, 0.25) is 0 Å². The molecule has 0 bridgehead atoms. The Labute approximate surface area is 91.9 Å². The second-order valence-corrected chi connectivity index (χ2v) is 3.18. The van der Waals surface area contributed by atoms with E-state index in [9.17, 15) is 9.90 Å². The average molecular weight is 232 g/mol. The van der Waals surface area contributed by atoms with Gasteiger partial charge in [-0.3, -0.25) is 0 Å². The molecule has 2 rings (SSSR count). The minimum absolute atomic E-state index is 0. The third kappa shape index (κ3) is 1.98. The summed E-state index contributed by atoms with van der Waals surface area (Å²) >= 11 is 0. The number of carbonyl (C=O) groups excluding carboxylic acids is 1. The highest BCUT2D eigenvalue weighted by Crippen LogP contribution is 2.35. The summed E-state index contributed by atoms with van der Waals surface area (Å²) in [6.07, 6.45) is 0.308. The smallest absolute Gasteiger partial charge is 0.328 e. The van der Waals surface area contributed by atoms with Crippen LogP contribution in [0.15, 0.2) is 12.1 Å². The Morgan fingerprint density at radius 3 is 2.60 bits per heavy atom. The number of rotatable bonds is 0. The van der Waals surface area contributed by atoms with Crippen LogP contribution in [0.4, 0.5) is 0 Å². The Hall–Kier alpha value is -1.46. The molecule has 1 atom stereocenters. The number of fused-ring (bicyclic) bond motifs is 1. The molecule has 1 aliphatic rings. The van der Waals surface area contributed by atoms with E-state index in [4.69, 9.17) is 15.6 Å². The second-order valence-electron chi connectivity index (χ2n) is 3.18. The van der Waals surface area contributed by atoms with Crippen LogP contribution < -0.4 is 10.5 Å². The van der Waals surface area contributed by atoms with Crippen LogP contribution in [0, 0.1) is 0 Å². The van der Waals surface area contributed by atoms with Crippen LogP contribution in [-0.4, -0.2) is 22.2 Å². The van der Waals surface area contributed by atoms with Crippen molar-refractivity contribution >= 4 is 18.4 Å². The lowest BCUT2D eigenvalue weighted by Gasteiger charge is -2.20. The number of benzene rings is 1. The zero-order chi connectivity index (χ0) is 10.3. The summed E-state index contributed by atoms with van der Waals surface area (Å²) in [4.78, 5) is 11.1. The highest BCUT2D eigenvalue weighted by Gasteiger charge is 2.26. The molecule has 0 radical (unpaired) electrons. The predicted octanol–water partition coefficient (Wildman–Crippen LogP) is 0.308. The number of esters is 1. The molecular formula is C9H10ClNO4. The van der Waals surface area contributed by atoms with Crippen molar-refractivity contribution in [1.29, 1.82) is 0 Å². The van der Waals surface area contributed by atoms with Crippen molar-refractivity contribution in [2.24, 2.45) is 5.73 Å². The first-order chi connectivity index (χ1) is 6.58. The average Bonchev–Trinajstić information content (AvgIpc) is 2.11. The van der Waals surface area contributed by atoms with E-state index in [1.54, 1.807) is 0 Å². The molecule has 6 heteroatoms. The van der Waals surface area contributed by atoms with E-state index in [1.165, 1.54) is 12.1 Å². The molecule has 0 fully saturated rings. The Bertz CT molecular complexity index is 407. The first-order valence-electron chi connectivity index (χ1n) is 4.10. The van der Waals surface area contributed by atoms with Crippen LogP contribution in [0.5, 0.6) is 17.2 Å². The highest BCUT2D eigenvalue weighted by atomic mass is 35.5. The minimum Gasteiger partial charge on any atom is -0.504 e. The molecule has 5 nitrogen and oxygen atoms in total. The fourth-order valence-corrected chi connectivity index (χ4v) is 1.36. The van der Waals surface area contributed by atoms with Gasteiger partial charge in [0, 0.05) is 18.1 Å². The van der Waals surface area contributed by atoms with Gasteiger partial charge in [0.05, 0.1) is 0 Å². The van der Waals surface area contributed by atoms with Gasteiger partial charge in [-0.1, -0.05) is 0 Å². The summed E-state index contributed by atoms with van der Waals surface area (Å²) < 4.78 is 4.84. The van der Waals surface area contributed by atoms with Gasteiger partial charge in [0.25, 0.3) is 0 Å². The van der Waals surface area contributed by atoms with E-state index in [0.29, 0.717) is 12.0 Å². The summed E-state index contributed by atoms with van der Waals surface area (Å²) in [7, 11) is 0. The van der Waals surface area contributed by atoms with Crippen molar-refractivity contribution in [3.05, 3.63) is 17.7 Å². The zero-order valence-electron chi connectivity index (χ0n) is 7.64. The Morgan fingerprint density at radius 1 is 1.33 bits per heavy atom. The van der Waals surface area contributed by atoms with Crippen molar-refractivity contribution in [3.8, 4) is 17.2 Å². The third-order valence-corrected chi connectivity index (χ3v) is 2.11. The molecule has 0 aromatic heterocycles. The number of nitrogens with two attached hydrogens (primary N) is 1. The molecule has 0 saturated heterocycles. The van der Waals surface area contributed by atoms with Crippen molar-refractivity contribution in [2.75, 3.05) is 0 Å². The molecule has 0 saturated carbocycles. The SMILES string of the molecule is Cl.NC1Cc2cc(O)c(O)cc2OC1=O. The maximum Gasteiger partial charge on any atom is 0.328 e. The fraction of sp³-hybridized carbons (Fsp3) is 0.222. The topological polar surface area (TPSA) is 92.8 Å². The first-order valence-corrected chi connectivity index (χ1v) is 4.10. The normalized spacial score (nSPS) is 18.7. The van der Waals surface area contributed by atoms with Gasteiger partial charge in [-0.15, -0.1) is 12.4 Å². The molecule has 1 unspecified atom stereocenters. The monoisotopic (exact) mass is 231 g/mol. The minimum atomic E-state index is -0.702. The quantitative estimate of drug-likeness (QED) is 0.339. The Morgan fingerprint density at radius 2 is 1.93 bits per heavy atom. The number of hydrogen-bond acceptors (Lipinski definition) is 5. The van der Waals surface area contributed by atoms with Crippen molar-refractivity contribution < 1.29 is 19.7 Å². The fourth-order valence-electron chi connectivity index (χ4n) is 1.36. The van der Waals surface area contributed by atoms with Crippen LogP contribution >= 0.6 is 12.4 Å². The zero-order valence-corrected chi connectivity index (χ0v) is 8.45. The molecule has 0 spiro atoms. The molecule has 1 aliphatic heterocycles. The predicted molar refractivity (Wildman–Crippen MR) is 54.3 cm³/mol. The molecule has 15 heavy (non-hydrogen) atoms. The lowest BCUT2D eigenvalue weighted by Crippen LogP contribution is -2.39. The lowest BCUT2D eigenvalue weighted by molar-refractivity contribution is -0.136.